The summed E-state index contributed by atoms with van der Waals surface area (Å²) in [7, 11) is 0. The lowest BCUT2D eigenvalue weighted by Crippen LogP contribution is -1.77. The highest BCUT2D eigenvalue weighted by Crippen LogP contribution is 1.77. The molecule has 0 unspecified atom stereocenters. The van der Waals surface area contributed by atoms with Gasteiger partial charge >= 0.3 is 0 Å². The summed E-state index contributed by atoms with van der Waals surface area (Å²) in [5.41, 5.74) is 0. The van der Waals surface area contributed by atoms with Crippen LogP contribution in [0.25, 0.3) is 0 Å². The van der Waals surface area contributed by atoms with Gasteiger partial charge < -0.3 is 10.4 Å². The molecule has 0 bridgehead atoms. The second kappa shape index (κ2) is 5.94. The van der Waals surface area contributed by atoms with Crippen LogP contribution in [0.1, 0.15) is 12.8 Å². The van der Waals surface area contributed by atoms with Gasteiger partial charge in [0.2, 0.25) is 0 Å². The first kappa shape index (κ1) is 6.94. The van der Waals surface area contributed by atoms with Crippen LogP contribution in [0.5, 0.6) is 0 Å². The molecule has 0 spiro atoms. The zero-order chi connectivity index (χ0) is 6.24. The summed E-state index contributed by atoms with van der Waals surface area (Å²) in [6, 6.07) is 0. The van der Waals surface area contributed by atoms with Crippen LogP contribution in [0.15, 0.2) is 10.3 Å². The summed E-state index contributed by atoms with van der Waals surface area (Å²) in [6.45, 7) is 0. The van der Waals surface area contributed by atoms with Crippen molar-refractivity contribution in [3.05, 3.63) is 0 Å². The summed E-state index contributed by atoms with van der Waals surface area (Å²) in [4.78, 5) is 0. The monoisotopic (exact) mass is 116 g/mol. The van der Waals surface area contributed by atoms with Crippen molar-refractivity contribution in [2.45, 2.75) is 12.8 Å². The topological polar surface area (TPSA) is 65.2 Å². The quantitative estimate of drug-likeness (QED) is 0.246. The fourth-order valence-electron chi connectivity index (χ4n) is 0.265. The Morgan fingerprint density at radius 1 is 1.00 bits per heavy atom. The zero-order valence-electron chi connectivity index (χ0n) is 4.36. The number of oxime groups is 2. The van der Waals surface area contributed by atoms with Gasteiger partial charge in [-0.15, -0.1) is 10.3 Å². The van der Waals surface area contributed by atoms with E-state index in [1.165, 1.54) is 12.4 Å². The van der Waals surface area contributed by atoms with Crippen molar-refractivity contribution in [1.82, 2.24) is 0 Å². The molecule has 0 saturated carbocycles. The molecule has 0 saturated heterocycles. The van der Waals surface area contributed by atoms with E-state index in [1.807, 2.05) is 0 Å². The van der Waals surface area contributed by atoms with Gasteiger partial charge in [-0.1, -0.05) is 0 Å². The summed E-state index contributed by atoms with van der Waals surface area (Å²) in [5.74, 6) is 0. The molecular weight excluding hydrogens is 108 g/mol. The minimum Gasteiger partial charge on any atom is -0.411 e. The average molecular weight is 116 g/mol. The molecule has 0 atom stereocenters. The molecule has 4 nitrogen and oxygen atoms in total. The molecule has 0 rings (SSSR count). The van der Waals surface area contributed by atoms with Crippen LogP contribution in [0.2, 0.25) is 0 Å². The fourth-order valence-corrected chi connectivity index (χ4v) is 0.265. The third kappa shape index (κ3) is 4.94. The van der Waals surface area contributed by atoms with Gasteiger partial charge in [-0.3, -0.25) is 0 Å². The van der Waals surface area contributed by atoms with Crippen LogP contribution in [-0.4, -0.2) is 22.8 Å². The highest BCUT2D eigenvalue weighted by molar-refractivity contribution is 5.64. The van der Waals surface area contributed by atoms with E-state index in [4.69, 9.17) is 10.4 Å². The minimum absolute atomic E-state index is 0.598. The Balaban J connectivity index is 2.93. The van der Waals surface area contributed by atoms with E-state index in [1.54, 1.807) is 0 Å². The molecule has 46 valence electrons. The molecule has 0 heterocycles. The van der Waals surface area contributed by atoms with Crippen molar-refractivity contribution in [1.29, 1.82) is 0 Å². The first-order valence-corrected chi connectivity index (χ1v) is 2.23. The van der Waals surface area contributed by atoms with Crippen LogP contribution >= 0.6 is 0 Å². The normalized spacial score (nSPS) is 11.5. The first-order chi connectivity index (χ1) is 3.91. The lowest BCUT2D eigenvalue weighted by molar-refractivity contribution is 0.318. The van der Waals surface area contributed by atoms with Crippen LogP contribution < -0.4 is 0 Å². The first-order valence-electron chi connectivity index (χ1n) is 2.23. The number of hydrogen-bond donors (Lipinski definition) is 2. The largest absolute Gasteiger partial charge is 0.411 e. The molecule has 0 aromatic carbocycles. The highest BCUT2D eigenvalue weighted by Gasteiger charge is 1.74. The molecule has 2 N–H and O–H groups in total. The smallest absolute Gasteiger partial charge is 0.0439 e. The van der Waals surface area contributed by atoms with E-state index >= 15 is 0 Å². The van der Waals surface area contributed by atoms with Crippen molar-refractivity contribution in [3.8, 4) is 0 Å². The van der Waals surface area contributed by atoms with Gasteiger partial charge in [-0.05, 0) is 12.8 Å². The lowest BCUT2D eigenvalue weighted by atomic mass is 10.4. The number of rotatable bonds is 3. The molecular formula is C4H8N2O2. The molecule has 0 aromatic heterocycles. The Labute approximate surface area is 47.1 Å². The molecule has 0 aromatic rings. The molecule has 0 aliphatic heterocycles. The predicted molar refractivity (Wildman–Crippen MR) is 29.8 cm³/mol. The molecule has 0 aliphatic carbocycles. The second-order valence-corrected chi connectivity index (χ2v) is 1.17. The van der Waals surface area contributed by atoms with Gasteiger partial charge in [0.1, 0.15) is 0 Å². The average Bonchev–Trinajstić information content (AvgIpc) is 1.81. The maximum atomic E-state index is 7.83. The Kier molecular flexibility index (Phi) is 5.15. The van der Waals surface area contributed by atoms with E-state index in [2.05, 4.69) is 10.3 Å². The van der Waals surface area contributed by atoms with Gasteiger partial charge in [0, 0.05) is 12.4 Å². The summed E-state index contributed by atoms with van der Waals surface area (Å²) in [5, 5.41) is 21.1. The van der Waals surface area contributed by atoms with Crippen LogP contribution in [-0.2, 0) is 0 Å². The third-order valence-corrected chi connectivity index (χ3v) is 0.588. The van der Waals surface area contributed by atoms with E-state index < -0.39 is 0 Å². The van der Waals surface area contributed by atoms with Gasteiger partial charge in [-0.2, -0.15) is 0 Å². The highest BCUT2D eigenvalue weighted by atomic mass is 16.4. The molecule has 0 amide bonds. The lowest BCUT2D eigenvalue weighted by Gasteiger charge is -1.78. The van der Waals surface area contributed by atoms with E-state index in [0.717, 1.165) is 0 Å². The summed E-state index contributed by atoms with van der Waals surface area (Å²) < 4.78 is 0. The zero-order valence-corrected chi connectivity index (χ0v) is 4.36. The Morgan fingerprint density at radius 3 is 1.62 bits per heavy atom. The molecule has 0 fully saturated rings. The Morgan fingerprint density at radius 2 is 1.38 bits per heavy atom. The van der Waals surface area contributed by atoms with Crippen LogP contribution in [0.4, 0.5) is 0 Å². The standard InChI is InChI=1S/C4H8N2O2/c7-5-3-1-2-4-6-8/h3-4,7-8H,1-2H2/b5-3-,6-4-. The van der Waals surface area contributed by atoms with Gasteiger partial charge in [0.05, 0.1) is 0 Å². The SMILES string of the molecule is O/N=C\CC/C=N\O. The molecule has 0 radical (unpaired) electrons. The van der Waals surface area contributed by atoms with E-state index in [9.17, 15) is 0 Å². The fraction of sp³-hybridized carbons (Fsp3) is 0.500. The molecule has 4 heteroatoms. The van der Waals surface area contributed by atoms with Crippen LogP contribution in [0, 0.1) is 0 Å². The van der Waals surface area contributed by atoms with Crippen molar-refractivity contribution in [3.63, 3.8) is 0 Å². The van der Waals surface area contributed by atoms with Crippen molar-refractivity contribution >= 4 is 12.4 Å². The minimum atomic E-state index is 0.598. The maximum Gasteiger partial charge on any atom is 0.0439 e. The van der Waals surface area contributed by atoms with Crippen molar-refractivity contribution < 1.29 is 10.4 Å². The van der Waals surface area contributed by atoms with E-state index in [-0.39, 0.29) is 0 Å². The Hall–Kier alpha value is -1.06. The molecule has 8 heavy (non-hydrogen) atoms. The summed E-state index contributed by atoms with van der Waals surface area (Å²) in [6.07, 6.45) is 3.87. The third-order valence-electron chi connectivity index (χ3n) is 0.588. The van der Waals surface area contributed by atoms with Crippen LogP contribution in [0.3, 0.4) is 0 Å². The number of unbranched alkanes of at least 4 members (excludes halogenated alkanes) is 1. The predicted octanol–water partition coefficient (Wildman–Crippen LogP) is 0.687. The maximum absolute atomic E-state index is 7.83. The molecule has 0 aliphatic rings. The van der Waals surface area contributed by atoms with E-state index in [0.29, 0.717) is 12.8 Å². The second-order valence-electron chi connectivity index (χ2n) is 1.17. The Bertz CT molecular complexity index is 78.0. The van der Waals surface area contributed by atoms with Gasteiger partial charge in [0.25, 0.3) is 0 Å². The number of nitrogens with zero attached hydrogens (tertiary/aromatic N) is 2. The summed E-state index contributed by atoms with van der Waals surface area (Å²) >= 11 is 0. The van der Waals surface area contributed by atoms with Gasteiger partial charge in [0.15, 0.2) is 0 Å². The number of hydrogen-bond acceptors (Lipinski definition) is 4. The van der Waals surface area contributed by atoms with Crippen molar-refractivity contribution in [2.24, 2.45) is 10.3 Å². The van der Waals surface area contributed by atoms with Gasteiger partial charge in [-0.25, -0.2) is 0 Å². The van der Waals surface area contributed by atoms with Crippen molar-refractivity contribution in [2.75, 3.05) is 0 Å².